The fourth-order valence-electron chi connectivity index (χ4n) is 9.94. The van der Waals surface area contributed by atoms with Gasteiger partial charge in [-0.3, -0.25) is 0 Å². The first kappa shape index (κ1) is 33.7. The van der Waals surface area contributed by atoms with Gasteiger partial charge in [-0.2, -0.15) is 0 Å². The van der Waals surface area contributed by atoms with Crippen LogP contribution in [0.2, 0.25) is 0 Å². The van der Waals surface area contributed by atoms with E-state index in [-0.39, 0.29) is 5.92 Å². The molecule has 1 aliphatic heterocycles. The molecule has 0 radical (unpaired) electrons. The lowest BCUT2D eigenvalue weighted by molar-refractivity contribution is 0.302. The summed E-state index contributed by atoms with van der Waals surface area (Å²) >= 11 is 0. The Morgan fingerprint density at radius 2 is 1.08 bits per heavy atom. The van der Waals surface area contributed by atoms with Crippen molar-refractivity contribution < 1.29 is 4.74 Å². The number of hydrogen-bond acceptors (Lipinski definition) is 1. The molecule has 59 heavy (non-hydrogen) atoms. The molecule has 2 aliphatic rings. The summed E-state index contributed by atoms with van der Waals surface area (Å²) in [4.78, 5) is 0. The Morgan fingerprint density at radius 3 is 1.98 bits per heavy atom. The van der Waals surface area contributed by atoms with Crippen LogP contribution in [0.3, 0.4) is 0 Å². The van der Waals surface area contributed by atoms with E-state index in [0.29, 0.717) is 6.61 Å². The molecule has 1 atom stereocenters. The Labute approximate surface area is 344 Å². The zero-order chi connectivity index (χ0) is 38.9. The van der Waals surface area contributed by atoms with Crippen molar-refractivity contribution in [2.24, 2.45) is 0 Å². The van der Waals surface area contributed by atoms with Crippen molar-refractivity contribution in [3.8, 4) is 67.1 Å². The molecule has 12 rings (SSSR count). The van der Waals surface area contributed by atoms with Crippen molar-refractivity contribution in [1.29, 1.82) is 0 Å². The largest absolute Gasteiger partial charge is 0.488 e. The zero-order valence-electron chi connectivity index (χ0n) is 32.5. The minimum absolute atomic E-state index is 0.261. The van der Waals surface area contributed by atoms with E-state index in [1.807, 2.05) is 0 Å². The van der Waals surface area contributed by atoms with Crippen molar-refractivity contribution in [2.75, 3.05) is 0 Å². The van der Waals surface area contributed by atoms with Crippen LogP contribution in [0.25, 0.3) is 83.1 Å². The maximum absolute atomic E-state index is 6.32. The average Bonchev–Trinajstić information content (AvgIpc) is 3.64. The van der Waals surface area contributed by atoms with Gasteiger partial charge in [-0.15, -0.1) is 0 Å². The van der Waals surface area contributed by atoms with Crippen LogP contribution in [0, 0.1) is 0 Å². The van der Waals surface area contributed by atoms with Gasteiger partial charge in [0.15, 0.2) is 0 Å². The van der Waals surface area contributed by atoms with Crippen LogP contribution in [0.4, 0.5) is 0 Å². The summed E-state index contributed by atoms with van der Waals surface area (Å²) in [5.41, 5.74) is 21.4. The van der Waals surface area contributed by atoms with Gasteiger partial charge >= 0.3 is 0 Å². The molecule has 1 unspecified atom stereocenters. The molecule has 278 valence electrons. The quantitative estimate of drug-likeness (QED) is 0.171. The van der Waals surface area contributed by atoms with E-state index in [1.54, 1.807) is 0 Å². The van der Waals surface area contributed by atoms with Gasteiger partial charge in [-0.05, 0) is 115 Å². The van der Waals surface area contributed by atoms with Crippen LogP contribution in [-0.2, 0) is 13.0 Å². The molecule has 0 spiro atoms. The predicted octanol–water partition coefficient (Wildman–Crippen LogP) is 14.7. The molecule has 0 N–H and O–H groups in total. The first-order valence-corrected chi connectivity index (χ1v) is 20.6. The van der Waals surface area contributed by atoms with Crippen LogP contribution in [0.1, 0.15) is 28.2 Å². The fourth-order valence-corrected chi connectivity index (χ4v) is 9.94. The van der Waals surface area contributed by atoms with E-state index in [9.17, 15) is 0 Å². The fraction of sp³-hybridized carbons (Fsp3) is 0.0526. The molecule has 2 heterocycles. The Morgan fingerprint density at radius 1 is 0.407 bits per heavy atom. The average molecular weight is 754 g/mol. The lowest BCUT2D eigenvalue weighted by Gasteiger charge is -2.29. The number of benzene rings is 9. The summed E-state index contributed by atoms with van der Waals surface area (Å²) < 4.78 is 8.75. The number of para-hydroxylation sites is 1. The van der Waals surface area contributed by atoms with E-state index < -0.39 is 0 Å². The molecular weight excluding hydrogens is 715 g/mol. The second kappa shape index (κ2) is 13.6. The molecular formula is C57H39NO. The number of hydrogen-bond donors (Lipinski definition) is 0. The summed E-state index contributed by atoms with van der Waals surface area (Å²) in [6, 6.07) is 75.8. The Bertz CT molecular complexity index is 3260. The molecule has 1 aromatic heterocycles. The van der Waals surface area contributed by atoms with E-state index in [2.05, 4.69) is 211 Å². The van der Waals surface area contributed by atoms with Gasteiger partial charge in [0.1, 0.15) is 12.4 Å². The molecule has 0 bridgehead atoms. The molecule has 0 saturated carbocycles. The van der Waals surface area contributed by atoms with Gasteiger partial charge in [0, 0.05) is 22.3 Å². The van der Waals surface area contributed by atoms with Crippen LogP contribution in [0.5, 0.6) is 5.75 Å². The number of fused-ring (bicyclic) bond motifs is 9. The summed E-state index contributed by atoms with van der Waals surface area (Å²) in [5, 5.41) is 2.49. The van der Waals surface area contributed by atoms with Crippen molar-refractivity contribution in [1.82, 2.24) is 4.57 Å². The third-order valence-corrected chi connectivity index (χ3v) is 12.7. The molecule has 10 aromatic rings. The van der Waals surface area contributed by atoms with E-state index in [1.165, 1.54) is 94.1 Å². The molecule has 2 heteroatoms. The normalized spacial score (nSPS) is 13.9. The zero-order valence-corrected chi connectivity index (χ0v) is 32.5. The molecule has 0 fully saturated rings. The lowest BCUT2D eigenvalue weighted by Crippen LogP contribution is -2.13. The molecule has 9 aromatic carbocycles. The van der Waals surface area contributed by atoms with Crippen molar-refractivity contribution in [3.05, 3.63) is 229 Å². The van der Waals surface area contributed by atoms with Gasteiger partial charge in [0.05, 0.1) is 16.7 Å². The van der Waals surface area contributed by atoms with Gasteiger partial charge in [0.2, 0.25) is 0 Å². The summed E-state index contributed by atoms with van der Waals surface area (Å²) in [6.45, 7) is 0.590. The minimum Gasteiger partial charge on any atom is -0.488 e. The number of rotatable bonds is 5. The van der Waals surface area contributed by atoms with Crippen LogP contribution in [0.15, 0.2) is 206 Å². The SMILES string of the molecule is c1ccc(-c2ccccc2-c2cccc(C3Cc4ccc(-c5ccc6c(c5)c5ccccc5n6-c5cccc6c5-c5ccccc5CO6)cc4-c4ccccc43)c2)cc1. The highest BCUT2D eigenvalue weighted by Crippen LogP contribution is 2.47. The first-order chi connectivity index (χ1) is 29.3. The van der Waals surface area contributed by atoms with Crippen molar-refractivity contribution >= 4 is 21.8 Å². The summed E-state index contributed by atoms with van der Waals surface area (Å²) in [6.07, 6.45) is 0.956. The number of ether oxygens (including phenoxy) is 1. The Hall–Kier alpha value is -7.42. The Kier molecular flexibility index (Phi) is 7.77. The highest BCUT2D eigenvalue weighted by molar-refractivity contribution is 6.11. The highest BCUT2D eigenvalue weighted by atomic mass is 16.5. The molecule has 0 amide bonds. The number of aromatic nitrogens is 1. The third-order valence-electron chi connectivity index (χ3n) is 12.7. The second-order valence-electron chi connectivity index (χ2n) is 15.9. The highest BCUT2D eigenvalue weighted by Gasteiger charge is 2.27. The molecule has 1 aliphatic carbocycles. The Balaban J connectivity index is 0.939. The summed E-state index contributed by atoms with van der Waals surface area (Å²) in [7, 11) is 0. The third kappa shape index (κ3) is 5.48. The lowest BCUT2D eigenvalue weighted by atomic mass is 9.74. The smallest absolute Gasteiger partial charge is 0.129 e. The van der Waals surface area contributed by atoms with Gasteiger partial charge in [-0.25, -0.2) is 0 Å². The van der Waals surface area contributed by atoms with Crippen LogP contribution >= 0.6 is 0 Å². The molecule has 0 saturated heterocycles. The molecule has 2 nitrogen and oxygen atoms in total. The first-order valence-electron chi connectivity index (χ1n) is 20.6. The van der Waals surface area contributed by atoms with Crippen LogP contribution in [-0.4, -0.2) is 4.57 Å². The maximum Gasteiger partial charge on any atom is 0.129 e. The second-order valence-corrected chi connectivity index (χ2v) is 15.9. The van der Waals surface area contributed by atoms with Gasteiger partial charge in [-0.1, -0.05) is 170 Å². The maximum atomic E-state index is 6.32. The number of nitrogens with zero attached hydrogens (tertiary/aromatic N) is 1. The monoisotopic (exact) mass is 753 g/mol. The summed E-state index contributed by atoms with van der Waals surface area (Å²) in [5.74, 6) is 1.19. The van der Waals surface area contributed by atoms with E-state index in [0.717, 1.165) is 23.4 Å². The topological polar surface area (TPSA) is 14.2 Å². The standard InChI is InChI=1S/C57H39NO/c1-2-14-37(15-3-1)44-19-6-7-20-45(44)40-17-12-18-41(32-40)51-35-42-29-28-38(33-50(42)47-22-8-9-23-48(47)51)39-30-31-54-52(34-39)49-24-10-11-25-53(49)58(54)55-26-13-27-56-57(55)46-21-5-4-16-43(46)36-59-56/h1-34,51H,35-36H2. The van der Waals surface area contributed by atoms with Crippen molar-refractivity contribution in [3.63, 3.8) is 0 Å². The van der Waals surface area contributed by atoms with E-state index >= 15 is 0 Å². The van der Waals surface area contributed by atoms with Gasteiger partial charge in [0.25, 0.3) is 0 Å². The minimum atomic E-state index is 0.261. The predicted molar refractivity (Wildman–Crippen MR) is 244 cm³/mol. The van der Waals surface area contributed by atoms with Gasteiger partial charge < -0.3 is 9.30 Å². The van der Waals surface area contributed by atoms with E-state index in [4.69, 9.17) is 4.74 Å². The van der Waals surface area contributed by atoms with Crippen molar-refractivity contribution in [2.45, 2.75) is 18.9 Å². The van der Waals surface area contributed by atoms with Crippen LogP contribution < -0.4 is 4.74 Å².